The minimum atomic E-state index is -0.170. The molecule has 8 nitrogen and oxygen atoms in total. The topological polar surface area (TPSA) is 76.4 Å². The number of rotatable bonds is 15. The van der Waals surface area contributed by atoms with Gasteiger partial charge in [0.25, 0.3) is 0 Å². The van der Waals surface area contributed by atoms with Crippen LogP contribution in [0.4, 0.5) is 22.7 Å². The standard InChI is InChI=1S/C46H44N6O2/c1-3-5-31-49-39(33-47-51(35-19-11-7-12-20-35)36-21-13-8-14-22-36)27-29-41(49)43-45(53)44(46(43)54)42-30-28-40(50(42)32-6-4-2)34-48-52(37-23-15-9-16-24-37)38-25-17-10-18-26-38/h7-30,33-34H,3-6,31-32H2,1-2H3/p+1. The number of unbranched alkanes of at least 4 members (excludes halogenated alkanes) is 2. The number of carbonyl (C=O) groups excluding carboxylic acids is 1. The highest BCUT2D eigenvalue weighted by Gasteiger charge is 2.43. The molecule has 0 atom stereocenters. The highest BCUT2D eigenvalue weighted by atomic mass is 16.3. The van der Waals surface area contributed by atoms with Gasteiger partial charge >= 0.3 is 0 Å². The number of ketones is 1. The molecule has 1 aromatic heterocycles. The first-order valence-corrected chi connectivity index (χ1v) is 18.7. The molecule has 2 aliphatic rings. The summed E-state index contributed by atoms with van der Waals surface area (Å²) in [5.41, 5.74) is 7.49. The molecule has 4 aromatic carbocycles. The number of para-hydroxylation sites is 4. The van der Waals surface area contributed by atoms with Crippen molar-refractivity contribution in [2.24, 2.45) is 10.2 Å². The van der Waals surface area contributed by atoms with Crippen molar-refractivity contribution in [2.75, 3.05) is 16.6 Å². The van der Waals surface area contributed by atoms with E-state index >= 15 is 0 Å². The van der Waals surface area contributed by atoms with E-state index in [0.29, 0.717) is 35.6 Å². The number of anilines is 4. The van der Waals surface area contributed by atoms with Crippen LogP contribution < -0.4 is 10.0 Å². The fourth-order valence-corrected chi connectivity index (χ4v) is 6.71. The second-order valence-corrected chi connectivity index (χ2v) is 13.2. The van der Waals surface area contributed by atoms with E-state index in [4.69, 9.17) is 10.2 Å². The van der Waals surface area contributed by atoms with Crippen molar-refractivity contribution in [3.8, 4) is 0 Å². The molecule has 0 spiro atoms. The van der Waals surface area contributed by atoms with E-state index in [9.17, 15) is 9.90 Å². The van der Waals surface area contributed by atoms with Crippen molar-refractivity contribution in [2.45, 2.75) is 46.1 Å². The van der Waals surface area contributed by atoms with E-state index in [-0.39, 0.29) is 11.5 Å². The van der Waals surface area contributed by atoms with E-state index in [1.165, 1.54) is 0 Å². The van der Waals surface area contributed by atoms with Gasteiger partial charge < -0.3 is 9.67 Å². The third-order valence-corrected chi connectivity index (χ3v) is 9.55. The van der Waals surface area contributed by atoms with Gasteiger partial charge in [0.1, 0.15) is 24.1 Å². The monoisotopic (exact) mass is 713 g/mol. The molecule has 0 bridgehead atoms. The first kappa shape index (κ1) is 35.8. The minimum Gasteiger partial charge on any atom is -0.506 e. The maximum Gasteiger partial charge on any atom is 0.226 e. The summed E-state index contributed by atoms with van der Waals surface area (Å²) in [4.78, 5) is 14.2. The summed E-state index contributed by atoms with van der Waals surface area (Å²) in [6, 6.07) is 44.0. The van der Waals surface area contributed by atoms with Crippen molar-refractivity contribution in [3.05, 3.63) is 174 Å². The van der Waals surface area contributed by atoms with Gasteiger partial charge in [0.05, 0.1) is 45.9 Å². The van der Waals surface area contributed by atoms with Crippen LogP contribution in [0.2, 0.25) is 0 Å². The summed E-state index contributed by atoms with van der Waals surface area (Å²) >= 11 is 0. The average molecular weight is 714 g/mol. The number of hydrogen-bond donors (Lipinski definition) is 1. The summed E-state index contributed by atoms with van der Waals surface area (Å²) in [6.07, 6.45) is 11.3. The number of benzene rings is 4. The van der Waals surface area contributed by atoms with Crippen LogP contribution in [0.25, 0.3) is 5.57 Å². The van der Waals surface area contributed by atoms with E-state index in [1.807, 2.05) is 168 Å². The van der Waals surface area contributed by atoms with Gasteiger partial charge in [-0.15, -0.1) is 0 Å². The van der Waals surface area contributed by atoms with Gasteiger partial charge in [-0.2, -0.15) is 14.8 Å². The molecule has 0 amide bonds. The number of aliphatic hydroxyl groups is 1. The third kappa shape index (κ3) is 7.50. The summed E-state index contributed by atoms with van der Waals surface area (Å²) in [6.45, 7) is 5.65. The predicted molar refractivity (Wildman–Crippen MR) is 221 cm³/mol. The molecule has 0 saturated heterocycles. The van der Waals surface area contributed by atoms with Gasteiger partial charge in [-0.3, -0.25) is 4.79 Å². The maximum atomic E-state index is 14.2. The number of nitrogens with zero attached hydrogens (tertiary/aromatic N) is 6. The molecule has 8 heteroatoms. The summed E-state index contributed by atoms with van der Waals surface area (Å²) in [5.74, 6) is -0.152. The molecule has 7 rings (SSSR count). The van der Waals surface area contributed by atoms with Crippen LogP contribution in [-0.4, -0.2) is 44.7 Å². The first-order valence-electron chi connectivity index (χ1n) is 18.7. The quantitative estimate of drug-likeness (QED) is 0.0507. The summed E-state index contributed by atoms with van der Waals surface area (Å²) in [7, 11) is 0. The highest BCUT2D eigenvalue weighted by Crippen LogP contribution is 2.40. The van der Waals surface area contributed by atoms with Crippen LogP contribution in [0.3, 0.4) is 0 Å². The normalized spacial score (nSPS) is 15.6. The average Bonchev–Trinajstić information content (AvgIpc) is 3.80. The highest BCUT2D eigenvalue weighted by molar-refractivity contribution is 6.39. The van der Waals surface area contributed by atoms with Crippen molar-refractivity contribution >= 4 is 52.2 Å². The lowest BCUT2D eigenvalue weighted by Gasteiger charge is -2.23. The molecule has 0 saturated carbocycles. The smallest absolute Gasteiger partial charge is 0.226 e. The molecular weight excluding hydrogens is 669 g/mol. The number of aliphatic hydroxyl groups excluding tert-OH is 1. The molecule has 1 aliphatic carbocycles. The van der Waals surface area contributed by atoms with Crippen molar-refractivity contribution in [3.63, 3.8) is 0 Å². The zero-order chi connectivity index (χ0) is 37.3. The van der Waals surface area contributed by atoms with Crippen molar-refractivity contribution in [1.29, 1.82) is 0 Å². The lowest BCUT2D eigenvalue weighted by Crippen LogP contribution is -2.28. The van der Waals surface area contributed by atoms with E-state index in [1.54, 1.807) is 0 Å². The third-order valence-electron chi connectivity index (χ3n) is 9.55. The first-order chi connectivity index (χ1) is 26.6. The number of Topliss-reactive ketones (excluding diaryl/α,β-unsaturated/α-hetero) is 1. The van der Waals surface area contributed by atoms with E-state index in [0.717, 1.165) is 59.8 Å². The molecule has 0 radical (unpaired) electrons. The Kier molecular flexibility index (Phi) is 11.2. The number of aromatic nitrogens is 1. The Morgan fingerprint density at radius 1 is 0.630 bits per heavy atom. The second-order valence-electron chi connectivity index (χ2n) is 13.2. The summed E-state index contributed by atoms with van der Waals surface area (Å²) < 4.78 is 4.19. The SMILES string of the molecule is CCCCn1c(/C=N/N(c2ccccc2)c2ccccc2)ccc1C1=C(O)/C(=C2/C=CC(/C=N/N(c3ccccc3)c3ccccc3)=[N+]2CCCC)C1=O. The van der Waals surface area contributed by atoms with Gasteiger partial charge in [0, 0.05) is 25.1 Å². The Balaban J connectivity index is 1.24. The lowest BCUT2D eigenvalue weighted by molar-refractivity contribution is -0.467. The number of hydrogen-bond acceptors (Lipinski definition) is 6. The zero-order valence-electron chi connectivity index (χ0n) is 30.8. The molecule has 5 aromatic rings. The zero-order valence-corrected chi connectivity index (χ0v) is 30.8. The van der Waals surface area contributed by atoms with Crippen LogP contribution in [0.1, 0.15) is 50.9 Å². The largest absolute Gasteiger partial charge is 0.506 e. The Labute approximate surface area is 317 Å². The Morgan fingerprint density at radius 3 is 1.61 bits per heavy atom. The fraction of sp³-hybridized carbons (Fsp3) is 0.174. The van der Waals surface area contributed by atoms with E-state index < -0.39 is 0 Å². The number of allylic oxidation sites excluding steroid dienone is 4. The molecule has 270 valence electrons. The Morgan fingerprint density at radius 2 is 1.13 bits per heavy atom. The van der Waals surface area contributed by atoms with Crippen molar-refractivity contribution in [1.82, 2.24) is 4.57 Å². The van der Waals surface area contributed by atoms with Crippen LogP contribution in [0, 0.1) is 0 Å². The lowest BCUT2D eigenvalue weighted by atomic mass is 9.84. The van der Waals surface area contributed by atoms with Crippen LogP contribution >= 0.6 is 0 Å². The van der Waals surface area contributed by atoms with E-state index in [2.05, 4.69) is 23.0 Å². The van der Waals surface area contributed by atoms with Crippen LogP contribution in [0.15, 0.2) is 173 Å². The maximum absolute atomic E-state index is 14.2. The fourth-order valence-electron chi connectivity index (χ4n) is 6.71. The Hall–Kier alpha value is -6.54. The second kappa shape index (κ2) is 16.9. The molecule has 1 aliphatic heterocycles. The predicted octanol–water partition coefficient (Wildman–Crippen LogP) is 10.2. The van der Waals surface area contributed by atoms with Gasteiger partial charge in [-0.25, -0.2) is 10.0 Å². The van der Waals surface area contributed by atoms with Gasteiger partial charge in [0.2, 0.25) is 17.2 Å². The van der Waals surface area contributed by atoms with Crippen LogP contribution in [0.5, 0.6) is 0 Å². The van der Waals surface area contributed by atoms with Gasteiger partial charge in [-0.1, -0.05) is 99.5 Å². The molecular formula is C46H45N6O2+. The number of carbonyl (C=O) groups is 1. The Bertz CT molecular complexity index is 2190. The molecule has 54 heavy (non-hydrogen) atoms. The number of hydrazone groups is 2. The van der Waals surface area contributed by atoms with Crippen molar-refractivity contribution < 1.29 is 14.5 Å². The van der Waals surface area contributed by atoms with Crippen LogP contribution in [-0.2, 0) is 11.3 Å². The molecule has 0 unspecified atom stereocenters. The van der Waals surface area contributed by atoms with Gasteiger partial charge in [-0.05, 0) is 67.1 Å². The summed E-state index contributed by atoms with van der Waals surface area (Å²) in [5, 5.41) is 25.4. The minimum absolute atomic E-state index is 0.0177. The molecule has 0 fully saturated rings. The molecule has 2 heterocycles. The molecule has 1 N–H and O–H groups in total. The van der Waals surface area contributed by atoms with Gasteiger partial charge in [0.15, 0.2) is 0 Å².